The highest BCUT2D eigenvalue weighted by atomic mass is 32.2. The quantitative estimate of drug-likeness (QED) is 0.326. The third-order valence-electron chi connectivity index (χ3n) is 6.55. The molecule has 0 aliphatic carbocycles. The van der Waals surface area contributed by atoms with E-state index in [9.17, 15) is 26.8 Å². The molecule has 0 bridgehead atoms. The lowest BCUT2D eigenvalue weighted by Gasteiger charge is -2.36. The minimum Gasteiger partial charge on any atom is -0.367 e. The van der Waals surface area contributed by atoms with E-state index in [1.165, 1.54) is 10.5 Å². The predicted octanol–water partition coefficient (Wildman–Crippen LogP) is 3.64. The first-order valence-electron chi connectivity index (χ1n) is 12.2. The van der Waals surface area contributed by atoms with Gasteiger partial charge in [-0.2, -0.15) is 14.1 Å². The van der Waals surface area contributed by atoms with Crippen molar-refractivity contribution in [3.63, 3.8) is 0 Å². The third-order valence-corrected chi connectivity index (χ3v) is 8.40. The van der Waals surface area contributed by atoms with Gasteiger partial charge in [-0.15, -0.1) is 0 Å². The molecule has 0 spiro atoms. The van der Waals surface area contributed by atoms with Crippen LogP contribution in [0.5, 0.6) is 0 Å². The first-order chi connectivity index (χ1) is 18.7. The minimum absolute atomic E-state index is 0.0772. The van der Waals surface area contributed by atoms with Crippen LogP contribution in [0, 0.1) is 11.6 Å². The van der Waals surface area contributed by atoms with Gasteiger partial charge >= 0.3 is 0 Å². The maximum Gasteiger partial charge on any atom is 0.281 e. The summed E-state index contributed by atoms with van der Waals surface area (Å²) in [6, 6.07) is 18.0. The summed E-state index contributed by atoms with van der Waals surface area (Å²) in [5.74, 6) is -1.82. The normalized spacial score (nSPS) is 14.4. The van der Waals surface area contributed by atoms with Crippen molar-refractivity contribution >= 4 is 22.0 Å². The number of anilines is 1. The smallest absolute Gasteiger partial charge is 0.281 e. The van der Waals surface area contributed by atoms with Crippen LogP contribution in [0.4, 0.5) is 14.5 Å². The summed E-state index contributed by atoms with van der Waals surface area (Å²) in [7, 11) is -3.55. The van der Waals surface area contributed by atoms with Crippen molar-refractivity contribution in [1.29, 1.82) is 0 Å². The van der Waals surface area contributed by atoms with Crippen LogP contribution in [0.3, 0.4) is 0 Å². The van der Waals surface area contributed by atoms with Gasteiger partial charge in [0.05, 0.1) is 28.9 Å². The van der Waals surface area contributed by atoms with Crippen LogP contribution in [0.15, 0.2) is 83.8 Å². The van der Waals surface area contributed by atoms with E-state index in [0.717, 1.165) is 16.8 Å². The molecule has 1 aromatic heterocycles. The average molecular weight is 551 g/mol. The lowest BCUT2D eigenvalue weighted by molar-refractivity contribution is 0.112. The number of nitrogens with zero attached hydrogens (tertiary/aromatic N) is 4. The molecule has 0 unspecified atom stereocenters. The van der Waals surface area contributed by atoms with Crippen molar-refractivity contribution in [1.82, 2.24) is 14.1 Å². The molecular formula is C28H24F2N4O4S. The van der Waals surface area contributed by atoms with Crippen LogP contribution in [0.25, 0.3) is 16.8 Å². The van der Waals surface area contributed by atoms with Gasteiger partial charge in [0.25, 0.3) is 5.56 Å². The Morgan fingerprint density at radius 1 is 0.872 bits per heavy atom. The van der Waals surface area contributed by atoms with Gasteiger partial charge in [-0.3, -0.25) is 9.59 Å². The second-order valence-electron chi connectivity index (χ2n) is 9.12. The van der Waals surface area contributed by atoms with Gasteiger partial charge in [0.2, 0.25) is 10.0 Å². The molecule has 0 radical (unpaired) electrons. The molecule has 0 atom stereocenters. The van der Waals surface area contributed by atoms with Gasteiger partial charge in [-0.1, -0.05) is 54.6 Å². The Bertz CT molecular complexity index is 1650. The number of sulfonamides is 1. The van der Waals surface area contributed by atoms with Gasteiger partial charge in [0.1, 0.15) is 17.9 Å². The van der Waals surface area contributed by atoms with Crippen molar-refractivity contribution in [2.24, 2.45) is 0 Å². The maximum absolute atomic E-state index is 13.9. The van der Waals surface area contributed by atoms with E-state index in [-0.39, 0.29) is 30.1 Å². The van der Waals surface area contributed by atoms with Crippen molar-refractivity contribution in [2.45, 2.75) is 5.75 Å². The van der Waals surface area contributed by atoms with Crippen molar-refractivity contribution < 1.29 is 22.0 Å². The molecule has 3 aromatic carbocycles. The van der Waals surface area contributed by atoms with E-state index < -0.39 is 27.2 Å². The Morgan fingerprint density at radius 3 is 2.13 bits per heavy atom. The fraction of sp³-hybridized carbons (Fsp3) is 0.179. The van der Waals surface area contributed by atoms with Crippen LogP contribution < -0.4 is 10.5 Å². The van der Waals surface area contributed by atoms with E-state index in [1.54, 1.807) is 48.5 Å². The first-order valence-corrected chi connectivity index (χ1v) is 13.8. The van der Waals surface area contributed by atoms with E-state index in [2.05, 4.69) is 5.10 Å². The highest BCUT2D eigenvalue weighted by Crippen LogP contribution is 2.29. The minimum atomic E-state index is -3.55. The molecule has 1 aliphatic heterocycles. The topological polar surface area (TPSA) is 92.6 Å². The van der Waals surface area contributed by atoms with Gasteiger partial charge < -0.3 is 4.90 Å². The molecule has 5 rings (SSSR count). The molecule has 0 saturated carbocycles. The number of carbonyl (C=O) groups is 1. The number of aldehydes is 1. The van der Waals surface area contributed by atoms with Gasteiger partial charge in [-0.05, 0) is 23.3 Å². The number of hydrogen-bond donors (Lipinski definition) is 0. The summed E-state index contributed by atoms with van der Waals surface area (Å²) in [6.45, 7) is 1.01. The maximum atomic E-state index is 13.9. The molecule has 200 valence electrons. The second kappa shape index (κ2) is 10.9. The number of hydrogen-bond acceptors (Lipinski definition) is 6. The summed E-state index contributed by atoms with van der Waals surface area (Å²) in [4.78, 5) is 26.7. The summed E-state index contributed by atoms with van der Waals surface area (Å²) in [6.07, 6.45) is 2.11. The Kier molecular flexibility index (Phi) is 7.36. The third kappa shape index (κ3) is 5.64. The van der Waals surface area contributed by atoms with Crippen molar-refractivity contribution in [3.05, 3.63) is 112 Å². The average Bonchev–Trinajstić information content (AvgIpc) is 2.93. The number of aromatic nitrogens is 2. The zero-order chi connectivity index (χ0) is 27.6. The highest BCUT2D eigenvalue weighted by Gasteiger charge is 2.29. The summed E-state index contributed by atoms with van der Waals surface area (Å²) in [5.41, 5.74) is 1.57. The lowest BCUT2D eigenvalue weighted by Crippen LogP contribution is -2.49. The van der Waals surface area contributed by atoms with Crippen molar-refractivity contribution in [2.75, 3.05) is 31.1 Å². The summed E-state index contributed by atoms with van der Waals surface area (Å²) >= 11 is 0. The van der Waals surface area contributed by atoms with Crippen LogP contribution in [0.1, 0.15) is 15.9 Å². The van der Waals surface area contributed by atoms with E-state index in [0.29, 0.717) is 47.8 Å². The molecule has 39 heavy (non-hydrogen) atoms. The van der Waals surface area contributed by atoms with Crippen LogP contribution in [0.2, 0.25) is 0 Å². The first kappa shape index (κ1) is 26.4. The SMILES string of the molecule is O=Cc1ccc(-c2c(N3CCN(S(=O)(=O)Cc4ccccc4)CC3)cnn(-c3cc(F)cc(F)c3)c2=O)cc1. The van der Waals surface area contributed by atoms with Gasteiger partial charge in [0.15, 0.2) is 0 Å². The number of rotatable bonds is 7. The molecule has 1 aliphatic rings. The number of carbonyl (C=O) groups excluding carboxylic acids is 1. The molecule has 2 heterocycles. The van der Waals surface area contributed by atoms with Gasteiger partial charge in [-0.25, -0.2) is 17.2 Å². The molecule has 11 heteroatoms. The molecular weight excluding hydrogens is 526 g/mol. The molecule has 8 nitrogen and oxygen atoms in total. The van der Waals surface area contributed by atoms with Crippen LogP contribution in [-0.4, -0.2) is 55.0 Å². The van der Waals surface area contributed by atoms with Crippen LogP contribution in [-0.2, 0) is 15.8 Å². The Hall–Kier alpha value is -4.22. The zero-order valence-electron chi connectivity index (χ0n) is 20.7. The number of piperazine rings is 1. The molecule has 1 saturated heterocycles. The fourth-order valence-electron chi connectivity index (χ4n) is 4.61. The predicted molar refractivity (Wildman–Crippen MR) is 143 cm³/mol. The largest absolute Gasteiger partial charge is 0.367 e. The second-order valence-corrected chi connectivity index (χ2v) is 11.1. The van der Waals surface area contributed by atoms with Crippen molar-refractivity contribution in [3.8, 4) is 16.8 Å². The van der Waals surface area contributed by atoms with E-state index >= 15 is 0 Å². The zero-order valence-corrected chi connectivity index (χ0v) is 21.5. The lowest BCUT2D eigenvalue weighted by atomic mass is 10.0. The molecule has 1 fully saturated rings. The highest BCUT2D eigenvalue weighted by molar-refractivity contribution is 7.88. The Labute approximate surface area is 223 Å². The number of halogens is 2. The fourth-order valence-corrected chi connectivity index (χ4v) is 6.13. The number of benzene rings is 3. The van der Waals surface area contributed by atoms with E-state index in [1.807, 2.05) is 11.0 Å². The van der Waals surface area contributed by atoms with Crippen LogP contribution >= 0.6 is 0 Å². The monoisotopic (exact) mass is 550 g/mol. The molecule has 0 amide bonds. The standard InChI is InChI=1S/C28H24F2N4O4S/c29-23-14-24(30)16-25(15-23)34-28(36)27(22-8-6-20(18-35)7-9-22)26(17-31-34)32-10-12-33(13-11-32)39(37,38)19-21-4-2-1-3-5-21/h1-9,14-18H,10-13,19H2. The summed E-state index contributed by atoms with van der Waals surface area (Å²) in [5, 5.41) is 4.19. The molecule has 4 aromatic rings. The Morgan fingerprint density at radius 2 is 1.51 bits per heavy atom. The van der Waals surface area contributed by atoms with Gasteiger partial charge in [0, 0.05) is 37.8 Å². The Balaban J connectivity index is 1.48. The molecule has 0 N–H and O–H groups in total. The van der Waals surface area contributed by atoms with E-state index in [4.69, 9.17) is 0 Å². The summed E-state index contributed by atoms with van der Waals surface area (Å²) < 4.78 is 56.2.